The number of nitrogens with one attached hydrogen (secondary N) is 2. The standard InChI is InChI=1S/C23H26N2O6/c1-15(22(27)28)25-21(26)10-12-30-13-11-24-23(29)31-14-20-18-8-4-2-6-16(18)17-7-3-5-9-19(17)20/h2-9,15,20H,10-14H2,1H3,(H,24,29)(H,25,26)(H,27,28). The molecule has 1 aliphatic rings. The number of aliphatic carboxylic acids is 1. The van der Waals surface area contributed by atoms with Gasteiger partial charge in [0.25, 0.3) is 0 Å². The van der Waals surface area contributed by atoms with E-state index in [4.69, 9.17) is 14.6 Å². The van der Waals surface area contributed by atoms with E-state index < -0.39 is 24.0 Å². The molecule has 3 rings (SSSR count). The summed E-state index contributed by atoms with van der Waals surface area (Å²) in [4.78, 5) is 34.3. The summed E-state index contributed by atoms with van der Waals surface area (Å²) in [6, 6.07) is 15.3. The number of carboxylic acid groups (broad SMARTS) is 1. The third-order valence-electron chi connectivity index (χ3n) is 5.08. The topological polar surface area (TPSA) is 114 Å². The molecule has 0 aromatic heterocycles. The Bertz CT molecular complexity index is 900. The molecule has 8 heteroatoms. The Morgan fingerprint density at radius 2 is 1.61 bits per heavy atom. The first-order chi connectivity index (χ1) is 15.0. The van der Waals surface area contributed by atoms with Crippen LogP contribution in [0.3, 0.4) is 0 Å². The van der Waals surface area contributed by atoms with E-state index in [0.29, 0.717) is 0 Å². The van der Waals surface area contributed by atoms with Crippen LogP contribution in [0, 0.1) is 0 Å². The second-order valence-corrected chi connectivity index (χ2v) is 7.24. The monoisotopic (exact) mass is 426 g/mol. The van der Waals surface area contributed by atoms with Crippen LogP contribution in [-0.4, -0.2) is 55.5 Å². The number of ether oxygens (including phenoxy) is 2. The number of carbonyl (C=O) groups is 3. The lowest BCUT2D eigenvalue weighted by Gasteiger charge is -2.14. The molecule has 0 saturated carbocycles. The highest BCUT2D eigenvalue weighted by molar-refractivity contribution is 5.83. The van der Waals surface area contributed by atoms with Gasteiger partial charge >= 0.3 is 12.1 Å². The number of benzene rings is 2. The fourth-order valence-electron chi connectivity index (χ4n) is 3.52. The lowest BCUT2D eigenvalue weighted by atomic mass is 9.98. The Kier molecular flexibility index (Phi) is 7.61. The van der Waals surface area contributed by atoms with E-state index in [-0.39, 0.29) is 38.7 Å². The molecule has 31 heavy (non-hydrogen) atoms. The lowest BCUT2D eigenvalue weighted by molar-refractivity contribution is -0.141. The fourth-order valence-corrected chi connectivity index (χ4v) is 3.52. The van der Waals surface area contributed by atoms with Crippen LogP contribution >= 0.6 is 0 Å². The minimum atomic E-state index is -1.10. The van der Waals surface area contributed by atoms with Crippen LogP contribution in [0.25, 0.3) is 11.1 Å². The molecule has 1 unspecified atom stereocenters. The van der Waals surface area contributed by atoms with Crippen molar-refractivity contribution in [2.24, 2.45) is 0 Å². The van der Waals surface area contributed by atoms with Crippen molar-refractivity contribution in [2.45, 2.75) is 25.3 Å². The van der Waals surface area contributed by atoms with E-state index in [2.05, 4.69) is 34.9 Å². The van der Waals surface area contributed by atoms with E-state index in [1.807, 2.05) is 24.3 Å². The van der Waals surface area contributed by atoms with Gasteiger partial charge in [0.2, 0.25) is 5.91 Å². The highest BCUT2D eigenvalue weighted by Crippen LogP contribution is 2.44. The molecule has 2 amide bonds. The molecule has 0 heterocycles. The van der Waals surface area contributed by atoms with Crippen LogP contribution in [0.4, 0.5) is 4.79 Å². The second kappa shape index (κ2) is 10.6. The van der Waals surface area contributed by atoms with Crippen molar-refractivity contribution in [2.75, 3.05) is 26.4 Å². The van der Waals surface area contributed by atoms with E-state index in [0.717, 1.165) is 11.1 Å². The SMILES string of the molecule is CC(NC(=O)CCOCCNC(=O)OCC1c2ccccc2-c2ccccc21)C(=O)O. The molecule has 0 saturated heterocycles. The average Bonchev–Trinajstić information content (AvgIpc) is 3.08. The highest BCUT2D eigenvalue weighted by Gasteiger charge is 2.28. The van der Waals surface area contributed by atoms with E-state index in [9.17, 15) is 14.4 Å². The molecule has 2 aromatic carbocycles. The van der Waals surface area contributed by atoms with Gasteiger partial charge in [0.1, 0.15) is 12.6 Å². The number of hydrogen-bond acceptors (Lipinski definition) is 5. The summed E-state index contributed by atoms with van der Waals surface area (Å²) in [5.74, 6) is -1.50. The van der Waals surface area contributed by atoms with Crippen LogP contribution in [-0.2, 0) is 19.1 Å². The quantitative estimate of drug-likeness (QED) is 0.503. The Balaban J connectivity index is 1.35. The van der Waals surface area contributed by atoms with Gasteiger partial charge in [-0.3, -0.25) is 9.59 Å². The van der Waals surface area contributed by atoms with Gasteiger partial charge in [0, 0.05) is 18.9 Å². The summed E-state index contributed by atoms with van der Waals surface area (Å²) in [5, 5.41) is 13.7. The van der Waals surface area contributed by atoms with Crippen molar-refractivity contribution in [1.82, 2.24) is 10.6 Å². The third kappa shape index (κ3) is 5.82. The van der Waals surface area contributed by atoms with Crippen molar-refractivity contribution in [3.8, 4) is 11.1 Å². The maximum Gasteiger partial charge on any atom is 0.407 e. The first-order valence-electron chi connectivity index (χ1n) is 10.2. The van der Waals surface area contributed by atoms with Gasteiger partial charge in [-0.05, 0) is 29.2 Å². The van der Waals surface area contributed by atoms with Gasteiger partial charge < -0.3 is 25.2 Å². The van der Waals surface area contributed by atoms with E-state index in [1.165, 1.54) is 18.1 Å². The zero-order valence-corrected chi connectivity index (χ0v) is 17.3. The highest BCUT2D eigenvalue weighted by atomic mass is 16.5. The zero-order valence-electron chi connectivity index (χ0n) is 17.3. The maximum absolute atomic E-state index is 12.0. The molecule has 3 N–H and O–H groups in total. The molecule has 0 bridgehead atoms. The Morgan fingerprint density at radius 3 is 2.23 bits per heavy atom. The number of hydrogen-bond donors (Lipinski definition) is 3. The van der Waals surface area contributed by atoms with Gasteiger partial charge in [0.05, 0.1) is 13.2 Å². The van der Waals surface area contributed by atoms with Crippen molar-refractivity contribution in [3.63, 3.8) is 0 Å². The molecule has 0 aliphatic heterocycles. The molecule has 0 fully saturated rings. The van der Waals surface area contributed by atoms with Gasteiger partial charge in [-0.1, -0.05) is 48.5 Å². The number of carboxylic acids is 1. The van der Waals surface area contributed by atoms with Crippen LogP contribution in [0.5, 0.6) is 0 Å². The molecule has 8 nitrogen and oxygen atoms in total. The third-order valence-corrected chi connectivity index (χ3v) is 5.08. The van der Waals surface area contributed by atoms with Crippen molar-refractivity contribution >= 4 is 18.0 Å². The fraction of sp³-hybridized carbons (Fsp3) is 0.348. The Labute approximate surface area is 180 Å². The Hall–Kier alpha value is -3.39. The molecule has 1 atom stereocenters. The zero-order chi connectivity index (χ0) is 22.2. The van der Waals surface area contributed by atoms with Crippen molar-refractivity contribution < 1.29 is 29.0 Å². The van der Waals surface area contributed by atoms with E-state index >= 15 is 0 Å². The van der Waals surface area contributed by atoms with E-state index in [1.54, 1.807) is 0 Å². The molecule has 164 valence electrons. The summed E-state index contributed by atoms with van der Waals surface area (Å²) in [6.45, 7) is 2.21. The molecule has 0 spiro atoms. The minimum Gasteiger partial charge on any atom is -0.480 e. The summed E-state index contributed by atoms with van der Waals surface area (Å²) in [5.41, 5.74) is 4.63. The van der Waals surface area contributed by atoms with Crippen LogP contribution in [0.1, 0.15) is 30.4 Å². The smallest absolute Gasteiger partial charge is 0.407 e. The molecule has 0 radical (unpaired) electrons. The first kappa shape index (κ1) is 22.3. The summed E-state index contributed by atoms with van der Waals surface area (Å²) < 4.78 is 10.7. The van der Waals surface area contributed by atoms with Crippen LogP contribution in [0.2, 0.25) is 0 Å². The largest absolute Gasteiger partial charge is 0.480 e. The molecular weight excluding hydrogens is 400 g/mol. The van der Waals surface area contributed by atoms with Crippen LogP contribution < -0.4 is 10.6 Å². The van der Waals surface area contributed by atoms with Gasteiger partial charge in [-0.25, -0.2) is 4.79 Å². The summed E-state index contributed by atoms with van der Waals surface area (Å²) in [6.07, 6.45) is -0.485. The molecular formula is C23H26N2O6. The second-order valence-electron chi connectivity index (χ2n) is 7.24. The average molecular weight is 426 g/mol. The van der Waals surface area contributed by atoms with Crippen molar-refractivity contribution in [3.05, 3.63) is 59.7 Å². The number of alkyl carbamates (subject to hydrolysis) is 1. The normalized spacial score (nSPS) is 13.1. The summed E-state index contributed by atoms with van der Waals surface area (Å²) in [7, 11) is 0. The van der Waals surface area contributed by atoms with Gasteiger partial charge in [0.15, 0.2) is 0 Å². The van der Waals surface area contributed by atoms with Crippen molar-refractivity contribution in [1.29, 1.82) is 0 Å². The molecule has 1 aliphatic carbocycles. The van der Waals surface area contributed by atoms with Gasteiger partial charge in [-0.2, -0.15) is 0 Å². The number of fused-ring (bicyclic) bond motifs is 3. The first-order valence-corrected chi connectivity index (χ1v) is 10.2. The maximum atomic E-state index is 12.0. The predicted octanol–water partition coefficient (Wildman–Crippen LogP) is 2.52. The number of amides is 2. The van der Waals surface area contributed by atoms with Gasteiger partial charge in [-0.15, -0.1) is 0 Å². The lowest BCUT2D eigenvalue weighted by Crippen LogP contribution is -2.38. The number of rotatable bonds is 10. The summed E-state index contributed by atoms with van der Waals surface area (Å²) >= 11 is 0. The van der Waals surface area contributed by atoms with Crippen LogP contribution in [0.15, 0.2) is 48.5 Å². The minimum absolute atomic E-state index is 0.00102. The Morgan fingerprint density at radius 1 is 1.00 bits per heavy atom. The molecule has 2 aromatic rings. The predicted molar refractivity (Wildman–Crippen MR) is 114 cm³/mol. The number of carbonyl (C=O) groups excluding carboxylic acids is 2.